The Morgan fingerprint density at radius 3 is 2.82 bits per heavy atom. The van der Waals surface area contributed by atoms with Crippen LogP contribution in [0.3, 0.4) is 0 Å². The number of likely N-dealkylation sites (tertiary alicyclic amines) is 1. The van der Waals surface area contributed by atoms with E-state index >= 15 is 0 Å². The van der Waals surface area contributed by atoms with Gasteiger partial charge in [-0.25, -0.2) is 0 Å². The largest absolute Gasteiger partial charge is 0.389 e. The fraction of sp³-hybridized carbons (Fsp3) is 1.00. The lowest BCUT2D eigenvalue weighted by molar-refractivity contribution is 0.0220. The summed E-state index contributed by atoms with van der Waals surface area (Å²) >= 11 is 0. The van der Waals surface area contributed by atoms with Crippen LogP contribution in [0.5, 0.6) is 0 Å². The SMILES string of the molecule is CCNC1CCN(CC(O)COC)CC1CC. The van der Waals surface area contributed by atoms with Crippen LogP contribution in [-0.2, 0) is 4.74 Å². The van der Waals surface area contributed by atoms with E-state index in [0.29, 0.717) is 18.6 Å². The topological polar surface area (TPSA) is 44.7 Å². The Labute approximate surface area is 105 Å². The molecule has 0 spiro atoms. The second kappa shape index (κ2) is 8.03. The van der Waals surface area contributed by atoms with Gasteiger partial charge < -0.3 is 20.1 Å². The van der Waals surface area contributed by atoms with Gasteiger partial charge in [0.05, 0.1) is 12.7 Å². The molecule has 102 valence electrons. The third kappa shape index (κ3) is 4.92. The molecule has 1 heterocycles. The minimum absolute atomic E-state index is 0.354. The van der Waals surface area contributed by atoms with Crippen molar-refractivity contribution in [1.29, 1.82) is 0 Å². The van der Waals surface area contributed by atoms with E-state index in [1.807, 2.05) is 0 Å². The van der Waals surface area contributed by atoms with E-state index in [0.717, 1.165) is 26.2 Å². The molecule has 1 fully saturated rings. The smallest absolute Gasteiger partial charge is 0.0900 e. The maximum atomic E-state index is 9.75. The van der Waals surface area contributed by atoms with Crippen molar-refractivity contribution in [2.45, 2.75) is 38.8 Å². The van der Waals surface area contributed by atoms with Crippen LogP contribution in [0.25, 0.3) is 0 Å². The molecule has 3 unspecified atom stereocenters. The molecule has 17 heavy (non-hydrogen) atoms. The van der Waals surface area contributed by atoms with Gasteiger partial charge in [0.25, 0.3) is 0 Å². The quantitative estimate of drug-likeness (QED) is 0.692. The number of piperidine rings is 1. The van der Waals surface area contributed by atoms with Crippen molar-refractivity contribution in [3.8, 4) is 0 Å². The fourth-order valence-corrected chi connectivity index (χ4v) is 2.76. The third-order valence-electron chi connectivity index (χ3n) is 3.64. The highest BCUT2D eigenvalue weighted by Gasteiger charge is 2.28. The van der Waals surface area contributed by atoms with Gasteiger partial charge in [0, 0.05) is 26.2 Å². The zero-order chi connectivity index (χ0) is 12.7. The van der Waals surface area contributed by atoms with Gasteiger partial charge in [-0.3, -0.25) is 0 Å². The summed E-state index contributed by atoms with van der Waals surface area (Å²) in [5.74, 6) is 0.707. The first kappa shape index (κ1) is 14.9. The Kier molecular flexibility index (Phi) is 7.04. The molecule has 0 aromatic rings. The lowest BCUT2D eigenvalue weighted by Crippen LogP contribution is -2.51. The van der Waals surface area contributed by atoms with Crippen molar-refractivity contribution in [2.24, 2.45) is 5.92 Å². The number of nitrogens with one attached hydrogen (secondary N) is 1. The van der Waals surface area contributed by atoms with Crippen LogP contribution in [-0.4, -0.2) is 62.0 Å². The van der Waals surface area contributed by atoms with Gasteiger partial charge in [-0.1, -0.05) is 20.3 Å². The summed E-state index contributed by atoms with van der Waals surface area (Å²) in [6, 6.07) is 0.654. The molecule has 4 nitrogen and oxygen atoms in total. The minimum Gasteiger partial charge on any atom is -0.389 e. The molecule has 1 aliphatic rings. The number of hydrogen-bond donors (Lipinski definition) is 2. The summed E-state index contributed by atoms with van der Waals surface area (Å²) in [7, 11) is 1.63. The minimum atomic E-state index is -0.354. The Bertz CT molecular complexity index is 202. The highest BCUT2D eigenvalue weighted by Crippen LogP contribution is 2.20. The molecule has 1 rings (SSSR count). The van der Waals surface area contributed by atoms with Gasteiger partial charge in [-0.2, -0.15) is 0 Å². The number of rotatable bonds is 7. The molecule has 0 aliphatic carbocycles. The molecule has 4 heteroatoms. The maximum Gasteiger partial charge on any atom is 0.0900 e. The predicted octanol–water partition coefficient (Wildman–Crippen LogP) is 0.704. The Balaban J connectivity index is 2.36. The second-order valence-electron chi connectivity index (χ2n) is 4.99. The fourth-order valence-electron chi connectivity index (χ4n) is 2.76. The lowest BCUT2D eigenvalue weighted by atomic mass is 9.89. The van der Waals surface area contributed by atoms with Crippen LogP contribution in [0.1, 0.15) is 26.7 Å². The van der Waals surface area contributed by atoms with E-state index in [1.165, 1.54) is 12.8 Å². The van der Waals surface area contributed by atoms with E-state index in [1.54, 1.807) is 7.11 Å². The van der Waals surface area contributed by atoms with Crippen LogP contribution in [0.15, 0.2) is 0 Å². The van der Waals surface area contributed by atoms with E-state index in [-0.39, 0.29) is 6.10 Å². The monoisotopic (exact) mass is 244 g/mol. The van der Waals surface area contributed by atoms with Crippen LogP contribution >= 0.6 is 0 Å². The van der Waals surface area contributed by atoms with Gasteiger partial charge in [-0.05, 0) is 25.4 Å². The first-order valence-electron chi connectivity index (χ1n) is 6.83. The van der Waals surface area contributed by atoms with E-state index in [2.05, 4.69) is 24.1 Å². The Morgan fingerprint density at radius 2 is 2.24 bits per heavy atom. The standard InChI is InChI=1S/C13H28N2O2/c1-4-11-8-15(9-12(16)10-17-3)7-6-13(11)14-5-2/h11-14,16H,4-10H2,1-3H3. The maximum absolute atomic E-state index is 9.75. The zero-order valence-electron chi connectivity index (χ0n) is 11.5. The number of nitrogens with zero attached hydrogens (tertiary/aromatic N) is 1. The molecule has 0 aromatic heterocycles. The Hall–Kier alpha value is -0.160. The molecule has 0 amide bonds. The van der Waals surface area contributed by atoms with Gasteiger partial charge in [0.1, 0.15) is 0 Å². The average molecular weight is 244 g/mol. The number of aliphatic hydroxyl groups is 1. The molecule has 0 radical (unpaired) electrons. The normalized spacial score (nSPS) is 28.2. The van der Waals surface area contributed by atoms with Crippen molar-refractivity contribution in [3.63, 3.8) is 0 Å². The summed E-state index contributed by atoms with van der Waals surface area (Å²) in [5, 5.41) is 13.3. The molecular weight excluding hydrogens is 216 g/mol. The number of β-amino-alcohol motifs (C(OH)–C–C–N with tert-alkyl or cyclic N) is 1. The summed E-state index contributed by atoms with van der Waals surface area (Å²) in [5.41, 5.74) is 0. The molecule has 1 saturated heterocycles. The Morgan fingerprint density at radius 1 is 1.47 bits per heavy atom. The van der Waals surface area contributed by atoms with Crippen LogP contribution < -0.4 is 5.32 Å². The van der Waals surface area contributed by atoms with Crippen molar-refractivity contribution in [1.82, 2.24) is 10.2 Å². The van der Waals surface area contributed by atoms with E-state index in [4.69, 9.17) is 4.74 Å². The molecular formula is C13H28N2O2. The number of hydrogen-bond acceptors (Lipinski definition) is 4. The van der Waals surface area contributed by atoms with Crippen molar-refractivity contribution < 1.29 is 9.84 Å². The first-order chi connectivity index (χ1) is 8.21. The van der Waals surface area contributed by atoms with Crippen molar-refractivity contribution in [3.05, 3.63) is 0 Å². The second-order valence-corrected chi connectivity index (χ2v) is 4.99. The third-order valence-corrected chi connectivity index (χ3v) is 3.64. The van der Waals surface area contributed by atoms with Gasteiger partial charge >= 0.3 is 0 Å². The molecule has 2 N–H and O–H groups in total. The number of methoxy groups -OCH3 is 1. The number of ether oxygens (including phenoxy) is 1. The summed E-state index contributed by atoms with van der Waals surface area (Å²) in [6.45, 7) is 8.82. The van der Waals surface area contributed by atoms with Gasteiger partial charge in [0.15, 0.2) is 0 Å². The van der Waals surface area contributed by atoms with Crippen LogP contribution in [0.4, 0.5) is 0 Å². The first-order valence-corrected chi connectivity index (χ1v) is 6.83. The summed E-state index contributed by atoms with van der Waals surface area (Å²) in [4.78, 5) is 2.37. The highest BCUT2D eigenvalue weighted by molar-refractivity contribution is 4.85. The van der Waals surface area contributed by atoms with Gasteiger partial charge in [-0.15, -0.1) is 0 Å². The molecule has 0 bridgehead atoms. The molecule has 3 atom stereocenters. The predicted molar refractivity (Wildman–Crippen MR) is 70.2 cm³/mol. The van der Waals surface area contributed by atoms with Gasteiger partial charge in [0.2, 0.25) is 0 Å². The van der Waals surface area contributed by atoms with Crippen molar-refractivity contribution in [2.75, 3.05) is 39.9 Å². The summed E-state index contributed by atoms with van der Waals surface area (Å²) in [6.07, 6.45) is 2.04. The number of aliphatic hydroxyl groups excluding tert-OH is 1. The van der Waals surface area contributed by atoms with E-state index < -0.39 is 0 Å². The molecule has 1 aliphatic heterocycles. The average Bonchev–Trinajstić information content (AvgIpc) is 2.31. The molecule has 0 aromatic carbocycles. The van der Waals surface area contributed by atoms with Crippen LogP contribution in [0, 0.1) is 5.92 Å². The van der Waals surface area contributed by atoms with Crippen LogP contribution in [0.2, 0.25) is 0 Å². The zero-order valence-corrected chi connectivity index (χ0v) is 11.5. The van der Waals surface area contributed by atoms with E-state index in [9.17, 15) is 5.11 Å². The van der Waals surface area contributed by atoms with Crippen molar-refractivity contribution >= 4 is 0 Å². The highest BCUT2D eigenvalue weighted by atomic mass is 16.5. The summed E-state index contributed by atoms with van der Waals surface area (Å²) < 4.78 is 4.97. The lowest BCUT2D eigenvalue weighted by Gasteiger charge is -2.39. The molecule has 0 saturated carbocycles.